The Hall–Kier alpha value is -4.18. The van der Waals surface area contributed by atoms with E-state index in [0.29, 0.717) is 5.57 Å². The van der Waals surface area contributed by atoms with E-state index in [4.69, 9.17) is 10.2 Å². The number of carbonyl (C=O) groups is 2. The van der Waals surface area contributed by atoms with Crippen molar-refractivity contribution in [2.24, 2.45) is 0 Å². The zero-order chi connectivity index (χ0) is 22.2. The number of hydrogen-bond acceptors (Lipinski definition) is 2. The van der Waals surface area contributed by atoms with E-state index < -0.39 is 11.9 Å². The van der Waals surface area contributed by atoms with Gasteiger partial charge in [0.1, 0.15) is 0 Å². The normalized spacial score (nSPS) is 11.3. The number of carboxylic acids is 2. The van der Waals surface area contributed by atoms with Gasteiger partial charge < -0.3 is 10.2 Å². The minimum Gasteiger partial charge on any atom is -0.478 e. The Morgan fingerprint density at radius 2 is 1.16 bits per heavy atom. The van der Waals surface area contributed by atoms with Gasteiger partial charge in [-0.25, -0.2) is 9.59 Å². The molecule has 0 saturated carbocycles. The molecule has 4 aromatic rings. The molecule has 0 atom stereocenters. The highest BCUT2D eigenvalue weighted by atomic mass is 16.4. The molecule has 0 aliphatic carbocycles. The molecule has 4 rings (SSSR count). The number of hydrogen-bond donors (Lipinski definition) is 2. The van der Waals surface area contributed by atoms with Crippen molar-refractivity contribution in [3.05, 3.63) is 108 Å². The first-order valence-corrected chi connectivity index (χ1v) is 9.72. The Bertz CT molecular complexity index is 1300. The summed E-state index contributed by atoms with van der Waals surface area (Å²) in [5, 5.41) is 21.8. The average Bonchev–Trinajstić information content (AvgIpc) is 2.78. The van der Waals surface area contributed by atoms with Crippen LogP contribution in [0.3, 0.4) is 0 Å². The van der Waals surface area contributed by atoms with Crippen LogP contribution in [0.4, 0.5) is 0 Å². The molecule has 0 saturated heterocycles. The zero-order valence-corrected chi connectivity index (χ0v) is 17.0. The Morgan fingerprint density at radius 1 is 0.677 bits per heavy atom. The molecule has 31 heavy (non-hydrogen) atoms. The molecule has 0 aliphatic heterocycles. The SMILES string of the molecule is CC(=Cc1ccc2ccccc2c1)C(=O)O.O=C(O)C=Cc1ccc2ccccc2c1. The summed E-state index contributed by atoms with van der Waals surface area (Å²) in [5.74, 6) is -1.81. The van der Waals surface area contributed by atoms with E-state index in [1.807, 2.05) is 84.9 Å². The third-order valence-electron chi connectivity index (χ3n) is 4.69. The lowest BCUT2D eigenvalue weighted by Gasteiger charge is -2.00. The smallest absolute Gasteiger partial charge is 0.331 e. The molecule has 0 spiro atoms. The second-order valence-corrected chi connectivity index (χ2v) is 7.02. The molecular weight excluding hydrogens is 388 g/mol. The summed E-state index contributed by atoms with van der Waals surface area (Å²) in [7, 11) is 0. The first-order valence-electron chi connectivity index (χ1n) is 9.72. The fraction of sp³-hybridized carbons (Fsp3) is 0.0370. The van der Waals surface area contributed by atoms with Crippen LogP contribution in [-0.2, 0) is 9.59 Å². The lowest BCUT2D eigenvalue weighted by Crippen LogP contribution is -1.95. The first kappa shape index (κ1) is 21.5. The van der Waals surface area contributed by atoms with Gasteiger partial charge in [-0.05, 0) is 63.9 Å². The van der Waals surface area contributed by atoms with Gasteiger partial charge in [0, 0.05) is 11.6 Å². The molecule has 4 aromatic carbocycles. The van der Waals surface area contributed by atoms with Crippen molar-refractivity contribution in [1.82, 2.24) is 0 Å². The molecule has 4 heteroatoms. The molecule has 154 valence electrons. The van der Waals surface area contributed by atoms with E-state index in [1.165, 1.54) is 0 Å². The third kappa shape index (κ3) is 6.15. The van der Waals surface area contributed by atoms with Crippen LogP contribution in [0, 0.1) is 0 Å². The van der Waals surface area contributed by atoms with Crippen molar-refractivity contribution < 1.29 is 19.8 Å². The lowest BCUT2D eigenvalue weighted by atomic mass is 10.1. The maximum atomic E-state index is 10.7. The van der Waals surface area contributed by atoms with Gasteiger partial charge in [-0.3, -0.25) is 0 Å². The maximum Gasteiger partial charge on any atom is 0.331 e. The van der Waals surface area contributed by atoms with Crippen molar-refractivity contribution in [3.63, 3.8) is 0 Å². The van der Waals surface area contributed by atoms with E-state index in [0.717, 1.165) is 38.7 Å². The van der Waals surface area contributed by atoms with Crippen LogP contribution in [-0.4, -0.2) is 22.2 Å². The summed E-state index contributed by atoms with van der Waals surface area (Å²) < 4.78 is 0. The topological polar surface area (TPSA) is 74.6 Å². The van der Waals surface area contributed by atoms with Crippen LogP contribution in [0.15, 0.2) is 96.6 Å². The summed E-state index contributed by atoms with van der Waals surface area (Å²) in [5.41, 5.74) is 2.16. The second kappa shape index (κ2) is 10.0. The fourth-order valence-electron chi connectivity index (χ4n) is 3.09. The van der Waals surface area contributed by atoms with E-state index >= 15 is 0 Å². The summed E-state index contributed by atoms with van der Waals surface area (Å²) in [6, 6.07) is 27.8. The number of carboxylic acid groups (broad SMARTS) is 2. The fourth-order valence-corrected chi connectivity index (χ4v) is 3.09. The Balaban J connectivity index is 0.000000176. The molecule has 4 nitrogen and oxygen atoms in total. The maximum absolute atomic E-state index is 10.7. The minimum absolute atomic E-state index is 0.343. The van der Waals surface area contributed by atoms with Crippen LogP contribution < -0.4 is 0 Å². The molecule has 0 aliphatic rings. The van der Waals surface area contributed by atoms with Crippen LogP contribution in [0.5, 0.6) is 0 Å². The predicted octanol–water partition coefficient (Wildman–Crippen LogP) is 6.27. The Kier molecular flexibility index (Phi) is 6.97. The van der Waals surface area contributed by atoms with Crippen molar-refractivity contribution in [2.75, 3.05) is 0 Å². The van der Waals surface area contributed by atoms with Crippen LogP contribution in [0.25, 0.3) is 33.7 Å². The monoisotopic (exact) mass is 410 g/mol. The van der Waals surface area contributed by atoms with Gasteiger partial charge in [0.25, 0.3) is 0 Å². The number of benzene rings is 4. The van der Waals surface area contributed by atoms with Gasteiger partial charge in [0.05, 0.1) is 0 Å². The van der Waals surface area contributed by atoms with Crippen LogP contribution >= 0.6 is 0 Å². The van der Waals surface area contributed by atoms with Gasteiger partial charge in [-0.1, -0.05) is 72.8 Å². The zero-order valence-electron chi connectivity index (χ0n) is 17.0. The molecule has 0 heterocycles. The van der Waals surface area contributed by atoms with E-state index in [9.17, 15) is 9.59 Å². The highest BCUT2D eigenvalue weighted by Crippen LogP contribution is 2.18. The lowest BCUT2D eigenvalue weighted by molar-refractivity contribution is -0.133. The average molecular weight is 410 g/mol. The first-order chi connectivity index (χ1) is 14.9. The number of aliphatic carboxylic acids is 2. The summed E-state index contributed by atoms with van der Waals surface area (Å²) in [6.45, 7) is 1.59. The molecule has 0 radical (unpaired) electrons. The Labute approximate surface area is 180 Å². The standard InChI is InChI=1S/C14H12O2.C13H10O2/c1-10(14(15)16)8-11-6-7-12-4-2-3-5-13(12)9-11;14-13(15)8-6-10-5-7-11-3-1-2-4-12(11)9-10/h2-9H,1H3,(H,15,16);1-9H,(H,14,15). The number of rotatable bonds is 4. The van der Waals surface area contributed by atoms with Crippen LogP contribution in [0.2, 0.25) is 0 Å². The Morgan fingerprint density at radius 3 is 1.68 bits per heavy atom. The van der Waals surface area contributed by atoms with Gasteiger partial charge in [-0.15, -0.1) is 0 Å². The molecule has 0 bridgehead atoms. The minimum atomic E-state index is -0.928. The molecule has 0 amide bonds. The van der Waals surface area contributed by atoms with Gasteiger partial charge in [0.15, 0.2) is 0 Å². The molecular formula is C27H22O4. The summed E-state index contributed by atoms with van der Waals surface area (Å²) in [6.07, 6.45) is 4.41. The van der Waals surface area contributed by atoms with Crippen molar-refractivity contribution in [3.8, 4) is 0 Å². The molecule has 0 aromatic heterocycles. The quantitative estimate of drug-likeness (QED) is 0.389. The summed E-state index contributed by atoms with van der Waals surface area (Å²) >= 11 is 0. The van der Waals surface area contributed by atoms with Gasteiger partial charge >= 0.3 is 11.9 Å². The highest BCUT2D eigenvalue weighted by molar-refractivity contribution is 5.93. The largest absolute Gasteiger partial charge is 0.478 e. The van der Waals surface area contributed by atoms with Crippen LogP contribution in [0.1, 0.15) is 18.1 Å². The molecule has 2 N–H and O–H groups in total. The van der Waals surface area contributed by atoms with E-state index in [2.05, 4.69) is 0 Å². The van der Waals surface area contributed by atoms with Gasteiger partial charge in [-0.2, -0.15) is 0 Å². The van der Waals surface area contributed by atoms with Gasteiger partial charge in [0.2, 0.25) is 0 Å². The van der Waals surface area contributed by atoms with E-state index in [-0.39, 0.29) is 0 Å². The van der Waals surface area contributed by atoms with E-state index in [1.54, 1.807) is 19.1 Å². The summed E-state index contributed by atoms with van der Waals surface area (Å²) in [4.78, 5) is 21.0. The predicted molar refractivity (Wildman–Crippen MR) is 126 cm³/mol. The number of fused-ring (bicyclic) bond motifs is 2. The van der Waals surface area contributed by atoms with Crippen molar-refractivity contribution in [2.45, 2.75) is 6.92 Å². The van der Waals surface area contributed by atoms with Crippen molar-refractivity contribution in [1.29, 1.82) is 0 Å². The third-order valence-corrected chi connectivity index (χ3v) is 4.69. The molecule has 0 fully saturated rings. The highest BCUT2D eigenvalue weighted by Gasteiger charge is 2.00. The molecule has 0 unspecified atom stereocenters. The second-order valence-electron chi connectivity index (χ2n) is 7.02. The van der Waals surface area contributed by atoms with Crippen molar-refractivity contribution >= 4 is 45.6 Å².